The second kappa shape index (κ2) is 7.59. The number of nitrogens with one attached hydrogen (secondary N) is 1. The summed E-state index contributed by atoms with van der Waals surface area (Å²) in [6.07, 6.45) is -1.44. The Balaban J connectivity index is 1.70. The maximum Gasteiger partial charge on any atom is 0.454 e. The van der Waals surface area contributed by atoms with Gasteiger partial charge in [-0.25, -0.2) is 4.79 Å². The van der Waals surface area contributed by atoms with Crippen molar-refractivity contribution in [2.45, 2.75) is 18.3 Å². The molecule has 8 heteroatoms. The number of carbonyl (C=O) groups is 2. The lowest BCUT2D eigenvalue weighted by molar-refractivity contribution is -0.139. The number of carboxylic acids is 1. The van der Waals surface area contributed by atoms with E-state index in [-0.39, 0.29) is 12.5 Å². The van der Waals surface area contributed by atoms with Gasteiger partial charge in [0, 0.05) is 12.2 Å². The number of aliphatic carboxylic acids is 1. The Morgan fingerprint density at radius 1 is 1.04 bits per heavy atom. The molecular weight excluding hydrogens is 337 g/mol. The Morgan fingerprint density at radius 3 is 2.08 bits per heavy atom. The predicted octanol–water partition coefficient (Wildman–Crippen LogP) is 1.45. The van der Waals surface area contributed by atoms with E-state index in [9.17, 15) is 9.59 Å². The molecule has 0 heterocycles. The Kier molecular flexibility index (Phi) is 5.25. The first kappa shape index (κ1) is 18.0. The van der Waals surface area contributed by atoms with E-state index in [1.54, 1.807) is 0 Å². The van der Waals surface area contributed by atoms with Crippen LogP contribution in [0, 0.1) is 0 Å². The lowest BCUT2D eigenvalue weighted by Crippen LogP contribution is -2.43. The standard InChI is InChI=1S/C18H18BNO6/c21-17(22)16(9-19(24)25)20-18(23)26-10-15-13-7-3-1-5-11(13)12-6-2-4-8-14(12)15/h1-8,15-16,24-25H,9-10H2,(H,20,23)(H,21,22)/t16-/m0/s1. The van der Waals surface area contributed by atoms with Crippen LogP contribution in [0.15, 0.2) is 48.5 Å². The fourth-order valence-corrected chi connectivity index (χ4v) is 3.21. The smallest absolute Gasteiger partial charge is 0.454 e. The van der Waals surface area contributed by atoms with E-state index in [1.807, 2.05) is 48.5 Å². The van der Waals surface area contributed by atoms with Gasteiger partial charge in [0.2, 0.25) is 0 Å². The summed E-state index contributed by atoms with van der Waals surface area (Å²) in [6, 6.07) is 14.3. The molecule has 3 rings (SSSR count). The molecule has 0 saturated heterocycles. The second-order valence-electron chi connectivity index (χ2n) is 6.08. The van der Waals surface area contributed by atoms with Crippen molar-refractivity contribution in [3.05, 3.63) is 59.7 Å². The van der Waals surface area contributed by atoms with Gasteiger partial charge in [0.05, 0.1) is 0 Å². The Bertz CT molecular complexity index is 779. The topological polar surface area (TPSA) is 116 Å². The van der Waals surface area contributed by atoms with Gasteiger partial charge in [-0.3, -0.25) is 4.79 Å². The fraction of sp³-hybridized carbons (Fsp3) is 0.222. The van der Waals surface area contributed by atoms with Crippen molar-refractivity contribution >= 4 is 19.2 Å². The number of hydrogen-bond donors (Lipinski definition) is 4. The zero-order chi connectivity index (χ0) is 18.7. The Labute approximate surface area is 150 Å². The van der Waals surface area contributed by atoms with Crippen LogP contribution in [0.3, 0.4) is 0 Å². The predicted molar refractivity (Wildman–Crippen MR) is 94.6 cm³/mol. The molecule has 7 nitrogen and oxygen atoms in total. The highest BCUT2D eigenvalue weighted by molar-refractivity contribution is 6.41. The van der Waals surface area contributed by atoms with Gasteiger partial charge in [-0.15, -0.1) is 0 Å². The molecule has 0 aromatic heterocycles. The van der Waals surface area contributed by atoms with Crippen LogP contribution in [0.5, 0.6) is 0 Å². The number of benzene rings is 2. The highest BCUT2D eigenvalue weighted by Gasteiger charge is 2.30. The molecule has 26 heavy (non-hydrogen) atoms. The van der Waals surface area contributed by atoms with Gasteiger partial charge in [-0.05, 0) is 22.3 Å². The summed E-state index contributed by atoms with van der Waals surface area (Å²) in [6.45, 7) is 0.0495. The van der Waals surface area contributed by atoms with Crippen molar-refractivity contribution in [3.63, 3.8) is 0 Å². The minimum atomic E-state index is -1.84. The van der Waals surface area contributed by atoms with Gasteiger partial charge in [0.15, 0.2) is 0 Å². The number of carbonyl (C=O) groups excluding carboxylic acids is 1. The second-order valence-corrected chi connectivity index (χ2v) is 6.08. The number of alkyl carbamates (subject to hydrolysis) is 1. The van der Waals surface area contributed by atoms with Gasteiger partial charge in [-0.2, -0.15) is 0 Å². The number of ether oxygens (including phenoxy) is 1. The average Bonchev–Trinajstić information content (AvgIpc) is 2.93. The molecule has 1 aliphatic rings. The van der Waals surface area contributed by atoms with Gasteiger partial charge >= 0.3 is 19.2 Å². The molecule has 2 aromatic carbocycles. The molecule has 4 N–H and O–H groups in total. The van der Waals surface area contributed by atoms with Crippen LogP contribution in [0.1, 0.15) is 17.0 Å². The van der Waals surface area contributed by atoms with Crippen LogP contribution in [0.4, 0.5) is 4.79 Å². The van der Waals surface area contributed by atoms with E-state index < -0.39 is 31.5 Å². The summed E-state index contributed by atoms with van der Waals surface area (Å²) in [4.78, 5) is 23.0. The van der Waals surface area contributed by atoms with Crippen molar-refractivity contribution in [2.75, 3.05) is 6.61 Å². The average molecular weight is 355 g/mol. The molecule has 0 spiro atoms. The maximum absolute atomic E-state index is 12.0. The third kappa shape index (κ3) is 3.71. The molecule has 0 aliphatic heterocycles. The van der Waals surface area contributed by atoms with E-state index in [0.717, 1.165) is 22.3 Å². The molecule has 0 radical (unpaired) electrons. The Morgan fingerprint density at radius 2 is 1.58 bits per heavy atom. The minimum absolute atomic E-state index is 0.0495. The number of hydrogen-bond acceptors (Lipinski definition) is 5. The summed E-state index contributed by atoms with van der Waals surface area (Å²) < 4.78 is 5.23. The first-order chi connectivity index (χ1) is 12.5. The Hall–Kier alpha value is -2.84. The third-order valence-electron chi connectivity index (χ3n) is 4.38. The van der Waals surface area contributed by atoms with Crippen molar-refractivity contribution in [1.82, 2.24) is 5.32 Å². The lowest BCUT2D eigenvalue weighted by atomic mass is 9.82. The molecule has 2 aromatic rings. The van der Waals surface area contributed by atoms with Crippen LogP contribution in [-0.4, -0.2) is 47.0 Å². The van der Waals surface area contributed by atoms with Gasteiger partial charge < -0.3 is 25.2 Å². The van der Waals surface area contributed by atoms with Crippen LogP contribution < -0.4 is 5.32 Å². The van der Waals surface area contributed by atoms with Crippen molar-refractivity contribution in [2.24, 2.45) is 0 Å². The molecular formula is C18H18BNO6. The summed E-state index contributed by atoms with van der Waals surface area (Å²) in [5.41, 5.74) is 4.26. The number of carboxylic acid groups (broad SMARTS) is 1. The van der Waals surface area contributed by atoms with Crippen molar-refractivity contribution in [3.8, 4) is 11.1 Å². The van der Waals surface area contributed by atoms with E-state index >= 15 is 0 Å². The summed E-state index contributed by atoms with van der Waals surface area (Å²) in [7, 11) is -1.84. The third-order valence-corrected chi connectivity index (χ3v) is 4.38. The lowest BCUT2D eigenvalue weighted by Gasteiger charge is -2.17. The van der Waals surface area contributed by atoms with Gasteiger partial charge in [-0.1, -0.05) is 48.5 Å². The summed E-state index contributed by atoms with van der Waals surface area (Å²) >= 11 is 0. The zero-order valence-electron chi connectivity index (χ0n) is 13.8. The van der Waals surface area contributed by atoms with E-state index in [2.05, 4.69) is 5.32 Å². The summed E-state index contributed by atoms with van der Waals surface area (Å²) in [5, 5.41) is 29.0. The van der Waals surface area contributed by atoms with E-state index in [4.69, 9.17) is 19.9 Å². The molecule has 0 bridgehead atoms. The van der Waals surface area contributed by atoms with E-state index in [1.165, 1.54) is 0 Å². The molecule has 0 fully saturated rings. The normalized spacial score (nSPS) is 13.5. The SMILES string of the molecule is O=C(N[C@@H](CB(O)O)C(=O)O)OCC1c2ccccc2-c2ccccc21. The number of fused-ring (bicyclic) bond motifs is 3. The highest BCUT2D eigenvalue weighted by Crippen LogP contribution is 2.44. The van der Waals surface area contributed by atoms with Crippen LogP contribution in [-0.2, 0) is 9.53 Å². The molecule has 134 valence electrons. The number of rotatable bonds is 6. The quantitative estimate of drug-likeness (QED) is 0.583. The van der Waals surface area contributed by atoms with Crippen LogP contribution in [0.25, 0.3) is 11.1 Å². The first-order valence-electron chi connectivity index (χ1n) is 8.18. The molecule has 0 unspecified atom stereocenters. The molecule has 1 aliphatic carbocycles. The number of amides is 1. The fourth-order valence-electron chi connectivity index (χ4n) is 3.21. The summed E-state index contributed by atoms with van der Waals surface area (Å²) in [5.74, 6) is -1.51. The minimum Gasteiger partial charge on any atom is -0.480 e. The highest BCUT2D eigenvalue weighted by atomic mass is 16.5. The van der Waals surface area contributed by atoms with Crippen LogP contribution >= 0.6 is 0 Å². The van der Waals surface area contributed by atoms with E-state index in [0.29, 0.717) is 0 Å². The first-order valence-corrected chi connectivity index (χ1v) is 8.18. The van der Waals surface area contributed by atoms with Crippen molar-refractivity contribution in [1.29, 1.82) is 0 Å². The largest absolute Gasteiger partial charge is 0.480 e. The van der Waals surface area contributed by atoms with Crippen molar-refractivity contribution < 1.29 is 29.5 Å². The zero-order valence-corrected chi connectivity index (χ0v) is 13.8. The maximum atomic E-state index is 12.0. The van der Waals surface area contributed by atoms with Gasteiger partial charge in [0.25, 0.3) is 0 Å². The molecule has 0 saturated carbocycles. The van der Waals surface area contributed by atoms with Gasteiger partial charge in [0.1, 0.15) is 12.6 Å². The molecule has 1 amide bonds. The molecule has 1 atom stereocenters. The van der Waals surface area contributed by atoms with Crippen LogP contribution in [0.2, 0.25) is 6.32 Å². The monoisotopic (exact) mass is 355 g/mol.